The van der Waals surface area contributed by atoms with E-state index in [2.05, 4.69) is 49.3 Å². The number of methoxy groups -OCH3 is 1. The first-order chi connectivity index (χ1) is 30.0. The second-order valence-electron chi connectivity index (χ2n) is 22.9. The van der Waals surface area contributed by atoms with Gasteiger partial charge in [-0.05, 0) is 121 Å². The Bertz CT molecular complexity index is 1570. The third-order valence-corrected chi connectivity index (χ3v) is 15.6. The number of cyclic esters (lactones) is 1. The van der Waals surface area contributed by atoms with Crippen molar-refractivity contribution in [3.8, 4) is 0 Å². The van der Waals surface area contributed by atoms with Crippen LogP contribution in [0, 0.1) is 23.7 Å². The molecule has 3 N–H and O–H groups in total. The van der Waals surface area contributed by atoms with Gasteiger partial charge >= 0.3 is 5.97 Å². The van der Waals surface area contributed by atoms with Crippen molar-refractivity contribution in [2.24, 2.45) is 28.8 Å². The number of esters is 1. The van der Waals surface area contributed by atoms with Gasteiger partial charge in [-0.15, -0.1) is 0 Å². The minimum Gasteiger partial charge on any atom is -0.459 e. The molecule has 0 saturated carbocycles. The molecule has 0 bridgehead atoms. The summed E-state index contributed by atoms with van der Waals surface area (Å²) in [7, 11) is 1.41. The lowest BCUT2D eigenvalue weighted by molar-refractivity contribution is -0.315. The van der Waals surface area contributed by atoms with E-state index in [1.54, 1.807) is 48.7 Å². The molecule has 3 heterocycles. The molecule has 0 amide bonds. The van der Waals surface area contributed by atoms with Crippen LogP contribution in [-0.4, -0.2) is 166 Å². The predicted molar refractivity (Wildman–Crippen MR) is 260 cm³/mol. The first-order valence-corrected chi connectivity index (χ1v) is 31.3. The van der Waals surface area contributed by atoms with Gasteiger partial charge in [0.05, 0.1) is 59.5 Å². The standard InChI is InChI=1S/C48H94N2O14Si2/c1-23-35-48(13,54)40(51)30(5)37(49-64-45(9,10)56-24-2)28(3)26-46(11,53)41(61-44-39(62-65(17,18)19)34(50(14)15)25-29(4)57-44)31(6)38(32(7)43(52)59-35)60-36-27-47(12,55-16)42(33(8)58-36)63-66(20,21)22/h28-36,38-42,44,51,53-54H,23-27H2,1-22H3/t28-,29-,30+,31+,32-,33+,34+,35-,36+,38+,39-,40-,41-,42+,44+,46-,47-,48-/m1/s1. The van der Waals surface area contributed by atoms with Crippen LogP contribution in [0.5, 0.6) is 0 Å². The molecule has 0 aromatic heterocycles. The van der Waals surface area contributed by atoms with E-state index in [9.17, 15) is 20.1 Å². The SMILES string of the molecule is CCOC(C)(C)ON=C1[C@H](C)C[C@@](C)(O)[C@H](O[C@@H]2O[C@H](C)C[C@H](N(C)C)[C@H]2O[Si](C)(C)C)[C@@H](C)[C@H](O[C@H]2C[C@@](C)(OC)[C@@H](O[Si](C)(C)C)[C@H](C)O2)[C@@H](C)C(=O)O[C@H](CC)[C@@](C)(O)[C@H](O)[C@H]1C. The Hall–Kier alpha value is -1.11. The fraction of sp³-hybridized carbons (Fsp3) is 0.958. The van der Waals surface area contributed by atoms with E-state index in [1.165, 1.54) is 6.92 Å². The average Bonchev–Trinajstić information content (AvgIpc) is 3.17. The van der Waals surface area contributed by atoms with Gasteiger partial charge in [0, 0.05) is 57.8 Å². The number of oxime groups is 1. The zero-order valence-electron chi connectivity index (χ0n) is 44.9. The van der Waals surface area contributed by atoms with Gasteiger partial charge in [0.2, 0.25) is 5.79 Å². The molecular weight excluding hydrogens is 885 g/mol. The van der Waals surface area contributed by atoms with E-state index in [0.29, 0.717) is 18.7 Å². The maximum Gasteiger partial charge on any atom is 0.311 e. The Balaban J connectivity index is 2.35. The van der Waals surface area contributed by atoms with Crippen LogP contribution in [0.4, 0.5) is 0 Å². The van der Waals surface area contributed by atoms with Crippen molar-refractivity contribution >= 4 is 28.3 Å². The topological polar surface area (TPSA) is 186 Å². The molecule has 0 radical (unpaired) electrons. The fourth-order valence-corrected chi connectivity index (χ4v) is 12.5. The number of hydrogen-bond donors (Lipinski definition) is 3. The van der Waals surface area contributed by atoms with Gasteiger partial charge in [-0.1, -0.05) is 32.9 Å². The first kappa shape index (κ1) is 59.2. The lowest BCUT2D eigenvalue weighted by Crippen LogP contribution is -2.62. The van der Waals surface area contributed by atoms with Crippen LogP contribution in [-0.2, 0) is 51.6 Å². The number of ether oxygens (including phenoxy) is 7. The molecule has 0 aromatic carbocycles. The maximum atomic E-state index is 14.7. The third kappa shape index (κ3) is 15.2. The maximum absolute atomic E-state index is 14.7. The highest BCUT2D eigenvalue weighted by Gasteiger charge is 2.55. The molecule has 66 heavy (non-hydrogen) atoms. The molecule has 3 saturated heterocycles. The third-order valence-electron chi connectivity index (χ3n) is 13.6. The quantitative estimate of drug-likeness (QED) is 0.0654. The number of rotatable bonds is 15. The summed E-state index contributed by atoms with van der Waals surface area (Å²) in [5.74, 6) is -5.01. The number of aliphatic hydroxyl groups is 3. The van der Waals surface area contributed by atoms with Crippen LogP contribution in [0.25, 0.3) is 0 Å². The van der Waals surface area contributed by atoms with Gasteiger partial charge in [0.25, 0.3) is 0 Å². The van der Waals surface area contributed by atoms with Crippen molar-refractivity contribution in [3.63, 3.8) is 0 Å². The van der Waals surface area contributed by atoms with E-state index < -0.39 is 124 Å². The van der Waals surface area contributed by atoms with Crippen LogP contribution >= 0.6 is 0 Å². The molecule has 3 aliphatic heterocycles. The van der Waals surface area contributed by atoms with E-state index in [4.69, 9.17) is 46.8 Å². The summed E-state index contributed by atoms with van der Waals surface area (Å²) in [6.45, 7) is 36.5. The van der Waals surface area contributed by atoms with Crippen molar-refractivity contribution in [1.82, 2.24) is 4.90 Å². The Morgan fingerprint density at radius 1 is 0.848 bits per heavy atom. The van der Waals surface area contributed by atoms with Crippen LogP contribution in [0.1, 0.15) is 116 Å². The molecule has 0 unspecified atom stereocenters. The molecule has 3 rings (SSSR count). The molecule has 0 aliphatic carbocycles. The number of nitrogens with zero attached hydrogens (tertiary/aromatic N) is 2. The van der Waals surface area contributed by atoms with Crippen molar-refractivity contribution in [2.75, 3.05) is 27.8 Å². The van der Waals surface area contributed by atoms with Crippen molar-refractivity contribution < 1.29 is 67.0 Å². The number of carbonyl (C=O) groups is 1. The second-order valence-corrected chi connectivity index (χ2v) is 31.8. The lowest BCUT2D eigenvalue weighted by atomic mass is 9.73. The van der Waals surface area contributed by atoms with E-state index in [1.807, 2.05) is 55.6 Å². The molecular formula is C48H94N2O14Si2. The zero-order chi connectivity index (χ0) is 50.7. The number of hydrogen-bond acceptors (Lipinski definition) is 16. The molecule has 3 aliphatic rings. The summed E-state index contributed by atoms with van der Waals surface area (Å²) in [6.07, 6.45) is -6.97. The van der Waals surface area contributed by atoms with E-state index in [0.717, 1.165) is 0 Å². The number of likely N-dealkylation sites (N-methyl/N-ethyl adjacent to an activating group) is 1. The summed E-state index contributed by atoms with van der Waals surface area (Å²) < 4.78 is 59.4. The fourth-order valence-electron chi connectivity index (χ4n) is 10.2. The Morgan fingerprint density at radius 2 is 1.44 bits per heavy atom. The second kappa shape index (κ2) is 23.0. The van der Waals surface area contributed by atoms with Crippen LogP contribution < -0.4 is 0 Å². The normalized spacial score (nSPS) is 42.5. The minimum absolute atomic E-state index is 0.0363. The summed E-state index contributed by atoms with van der Waals surface area (Å²) in [5.41, 5.74) is -4.12. The molecule has 0 spiro atoms. The summed E-state index contributed by atoms with van der Waals surface area (Å²) in [6, 6.07) is -0.0787. The Morgan fingerprint density at radius 3 is 1.95 bits per heavy atom. The van der Waals surface area contributed by atoms with Gasteiger partial charge in [0.15, 0.2) is 29.2 Å². The molecule has 388 valence electrons. The van der Waals surface area contributed by atoms with Gasteiger partial charge in [0.1, 0.15) is 17.8 Å². The highest BCUT2D eigenvalue weighted by molar-refractivity contribution is 6.70. The minimum atomic E-state index is -2.22. The highest BCUT2D eigenvalue weighted by atomic mass is 28.4. The lowest BCUT2D eigenvalue weighted by Gasteiger charge is -2.51. The molecule has 0 aromatic rings. The monoisotopic (exact) mass is 979 g/mol. The first-order valence-electron chi connectivity index (χ1n) is 24.5. The number of aliphatic hydroxyl groups excluding tert-OH is 1. The van der Waals surface area contributed by atoms with Gasteiger partial charge in [-0.2, -0.15) is 0 Å². The summed E-state index contributed by atoms with van der Waals surface area (Å²) in [4.78, 5) is 22.9. The Labute approximate surface area is 400 Å². The molecule has 18 atom stereocenters. The van der Waals surface area contributed by atoms with Crippen molar-refractivity contribution in [2.45, 2.75) is 245 Å². The van der Waals surface area contributed by atoms with Crippen molar-refractivity contribution in [1.29, 1.82) is 0 Å². The smallest absolute Gasteiger partial charge is 0.311 e. The zero-order valence-corrected chi connectivity index (χ0v) is 46.9. The van der Waals surface area contributed by atoms with Gasteiger partial charge in [-0.25, -0.2) is 0 Å². The molecule has 18 heteroatoms. The highest BCUT2D eigenvalue weighted by Crippen LogP contribution is 2.42. The van der Waals surface area contributed by atoms with E-state index in [-0.39, 0.29) is 31.4 Å². The predicted octanol–water partition coefficient (Wildman–Crippen LogP) is 7.08. The Kier molecular flexibility index (Phi) is 20.6. The van der Waals surface area contributed by atoms with E-state index >= 15 is 0 Å². The summed E-state index contributed by atoms with van der Waals surface area (Å²) >= 11 is 0. The largest absolute Gasteiger partial charge is 0.459 e. The molecule has 16 nitrogen and oxygen atoms in total. The van der Waals surface area contributed by atoms with Crippen LogP contribution in [0.15, 0.2) is 5.16 Å². The van der Waals surface area contributed by atoms with Crippen LogP contribution in [0.2, 0.25) is 39.3 Å². The van der Waals surface area contributed by atoms with Crippen LogP contribution in [0.3, 0.4) is 0 Å². The molecule has 3 fully saturated rings. The number of carbonyl (C=O) groups excluding carboxylic acids is 1. The summed E-state index contributed by atoms with van der Waals surface area (Å²) in [5, 5.41) is 42.2. The van der Waals surface area contributed by atoms with Gasteiger partial charge in [-0.3, -0.25) is 4.79 Å². The van der Waals surface area contributed by atoms with Crippen molar-refractivity contribution in [3.05, 3.63) is 0 Å². The average molecular weight is 979 g/mol. The van der Waals surface area contributed by atoms with Gasteiger partial charge < -0.3 is 67.1 Å².